The zero-order chi connectivity index (χ0) is 23.0. The van der Waals surface area contributed by atoms with Gasteiger partial charge in [-0.05, 0) is 42.5 Å². The molecule has 2 unspecified atom stereocenters. The van der Waals surface area contributed by atoms with Crippen LogP contribution in [0.2, 0.25) is 5.02 Å². The van der Waals surface area contributed by atoms with Gasteiger partial charge in [0.25, 0.3) is 5.91 Å². The van der Waals surface area contributed by atoms with Crippen LogP contribution in [0.25, 0.3) is 0 Å². The summed E-state index contributed by atoms with van der Waals surface area (Å²) in [6.45, 7) is 4.50. The van der Waals surface area contributed by atoms with Crippen molar-refractivity contribution in [2.75, 3.05) is 0 Å². The normalized spacial score (nSPS) is 19.0. The molecular weight excluding hydrogens is 450 g/mol. The molecule has 4 rings (SSSR count). The number of amides is 4. The van der Waals surface area contributed by atoms with Crippen molar-refractivity contribution >= 4 is 46.6 Å². The fourth-order valence-corrected chi connectivity index (χ4v) is 5.65. The highest BCUT2D eigenvalue weighted by atomic mass is 35.5. The van der Waals surface area contributed by atoms with Crippen molar-refractivity contribution in [2.24, 2.45) is 0 Å². The maximum absolute atomic E-state index is 12.9. The number of piperidine rings is 1. The maximum atomic E-state index is 12.9. The van der Waals surface area contributed by atoms with Crippen molar-refractivity contribution in [3.63, 3.8) is 0 Å². The van der Waals surface area contributed by atoms with Crippen LogP contribution >= 0.6 is 22.9 Å². The minimum Gasteiger partial charge on any atom is -0.351 e. The van der Waals surface area contributed by atoms with E-state index in [0.29, 0.717) is 36.5 Å². The molecule has 2 aliphatic rings. The molecule has 3 heterocycles. The lowest BCUT2D eigenvalue weighted by molar-refractivity contribution is -0.137. The van der Waals surface area contributed by atoms with E-state index in [1.54, 1.807) is 5.38 Å². The standard InChI is InChI=1S/C23H24ClN3O4S/c1-3-13(14-5-4-12(2)8-17(14)24)21(29)25-9-19-15-10-27(23(31)16(15)11-32-19)18-6-7-20(28)26-22(18)30/h4-5,8,11,13,18H,3,6-7,9-10H2,1-2H3,(H,25,29)(H,26,28,30). The van der Waals surface area contributed by atoms with E-state index < -0.39 is 11.9 Å². The topological polar surface area (TPSA) is 95.6 Å². The van der Waals surface area contributed by atoms with Crippen LogP contribution in [0.5, 0.6) is 0 Å². The van der Waals surface area contributed by atoms with Gasteiger partial charge in [0, 0.05) is 28.2 Å². The molecule has 0 bridgehead atoms. The Morgan fingerprint density at radius 2 is 2.12 bits per heavy atom. The minimum absolute atomic E-state index is 0.119. The van der Waals surface area contributed by atoms with E-state index in [4.69, 9.17) is 11.6 Å². The first-order chi connectivity index (χ1) is 15.3. The van der Waals surface area contributed by atoms with Crippen molar-refractivity contribution in [3.05, 3.63) is 55.7 Å². The molecule has 4 amide bonds. The van der Waals surface area contributed by atoms with Crippen molar-refractivity contribution in [3.8, 4) is 0 Å². The van der Waals surface area contributed by atoms with Crippen LogP contribution < -0.4 is 10.6 Å². The molecule has 0 radical (unpaired) electrons. The van der Waals surface area contributed by atoms with Crippen LogP contribution in [0, 0.1) is 6.92 Å². The number of thiophene rings is 1. The van der Waals surface area contributed by atoms with E-state index in [9.17, 15) is 19.2 Å². The van der Waals surface area contributed by atoms with Gasteiger partial charge in [-0.3, -0.25) is 24.5 Å². The highest BCUT2D eigenvalue weighted by molar-refractivity contribution is 7.10. The molecule has 0 spiro atoms. The quantitative estimate of drug-likeness (QED) is 0.629. The summed E-state index contributed by atoms with van der Waals surface area (Å²) in [5.41, 5.74) is 3.24. The number of hydrogen-bond donors (Lipinski definition) is 2. The van der Waals surface area contributed by atoms with Gasteiger partial charge in [0.2, 0.25) is 17.7 Å². The molecule has 2 N–H and O–H groups in total. The molecule has 0 saturated carbocycles. The second-order valence-corrected chi connectivity index (χ2v) is 9.53. The van der Waals surface area contributed by atoms with Crippen LogP contribution in [0.1, 0.15) is 64.0 Å². The molecule has 2 aromatic rings. The Hall–Kier alpha value is -2.71. The van der Waals surface area contributed by atoms with E-state index in [-0.39, 0.29) is 30.1 Å². The van der Waals surface area contributed by atoms with E-state index >= 15 is 0 Å². The summed E-state index contributed by atoms with van der Waals surface area (Å²) in [5, 5.41) is 7.65. The van der Waals surface area contributed by atoms with Crippen LogP contribution in [0.15, 0.2) is 23.6 Å². The molecule has 2 atom stereocenters. The molecule has 168 valence electrons. The Balaban J connectivity index is 1.45. The number of halogens is 1. The zero-order valence-corrected chi connectivity index (χ0v) is 19.4. The first-order valence-corrected chi connectivity index (χ1v) is 11.8. The van der Waals surface area contributed by atoms with E-state index in [1.807, 2.05) is 32.0 Å². The summed E-state index contributed by atoms with van der Waals surface area (Å²) in [6, 6.07) is 5.05. The summed E-state index contributed by atoms with van der Waals surface area (Å²) in [7, 11) is 0. The van der Waals surface area contributed by atoms with Gasteiger partial charge in [-0.25, -0.2) is 0 Å². The number of hydrogen-bond acceptors (Lipinski definition) is 5. The first kappa shape index (κ1) is 22.5. The van der Waals surface area contributed by atoms with Crippen molar-refractivity contribution in [1.82, 2.24) is 15.5 Å². The second-order valence-electron chi connectivity index (χ2n) is 8.15. The number of nitrogens with one attached hydrogen (secondary N) is 2. The van der Waals surface area contributed by atoms with Gasteiger partial charge in [-0.1, -0.05) is 30.7 Å². The van der Waals surface area contributed by atoms with E-state index in [1.165, 1.54) is 16.2 Å². The van der Waals surface area contributed by atoms with Crippen LogP contribution in [-0.4, -0.2) is 34.6 Å². The second kappa shape index (κ2) is 9.03. The smallest absolute Gasteiger partial charge is 0.256 e. The molecular formula is C23H24ClN3O4S. The molecule has 7 nitrogen and oxygen atoms in total. The third-order valence-electron chi connectivity index (χ3n) is 6.07. The third kappa shape index (κ3) is 4.17. The molecule has 9 heteroatoms. The SMILES string of the molecule is CCC(C(=O)NCc1scc2c1CN(C1CCC(=O)NC1=O)C2=O)c1ccc(C)cc1Cl. The lowest BCUT2D eigenvalue weighted by Gasteiger charge is -2.29. The predicted octanol–water partition coefficient (Wildman–Crippen LogP) is 3.28. The van der Waals surface area contributed by atoms with E-state index in [0.717, 1.165) is 21.6 Å². The molecule has 1 aromatic heterocycles. The van der Waals surface area contributed by atoms with Gasteiger partial charge < -0.3 is 10.2 Å². The number of rotatable bonds is 6. The largest absolute Gasteiger partial charge is 0.351 e. The van der Waals surface area contributed by atoms with Crippen LogP contribution in [0.4, 0.5) is 0 Å². The van der Waals surface area contributed by atoms with Gasteiger partial charge in [0.15, 0.2) is 0 Å². The number of carbonyl (C=O) groups excluding carboxylic acids is 4. The van der Waals surface area contributed by atoms with Crippen molar-refractivity contribution in [1.29, 1.82) is 0 Å². The van der Waals surface area contributed by atoms with Crippen LogP contribution in [-0.2, 0) is 27.5 Å². The van der Waals surface area contributed by atoms with Crippen LogP contribution in [0.3, 0.4) is 0 Å². The summed E-state index contributed by atoms with van der Waals surface area (Å²) < 4.78 is 0. The fourth-order valence-electron chi connectivity index (χ4n) is 4.30. The van der Waals surface area contributed by atoms with Crippen molar-refractivity contribution in [2.45, 2.75) is 58.2 Å². The van der Waals surface area contributed by atoms with Gasteiger partial charge in [0.05, 0.1) is 18.0 Å². The summed E-state index contributed by atoms with van der Waals surface area (Å²) in [6.07, 6.45) is 1.15. The zero-order valence-electron chi connectivity index (χ0n) is 17.9. The van der Waals surface area contributed by atoms with Gasteiger partial charge in [0.1, 0.15) is 6.04 Å². The summed E-state index contributed by atoms with van der Waals surface area (Å²) in [4.78, 5) is 51.8. The number of nitrogens with zero attached hydrogens (tertiary/aromatic N) is 1. The Bertz CT molecular complexity index is 1110. The Morgan fingerprint density at radius 1 is 1.34 bits per heavy atom. The molecule has 32 heavy (non-hydrogen) atoms. The van der Waals surface area contributed by atoms with Gasteiger partial charge in [-0.2, -0.15) is 0 Å². The first-order valence-electron chi connectivity index (χ1n) is 10.6. The number of carbonyl (C=O) groups is 4. The number of benzene rings is 1. The molecule has 1 fully saturated rings. The molecule has 1 saturated heterocycles. The Kier molecular flexibility index (Phi) is 6.35. The summed E-state index contributed by atoms with van der Waals surface area (Å²) in [5.74, 6) is -1.43. The minimum atomic E-state index is -0.645. The monoisotopic (exact) mass is 473 g/mol. The molecule has 1 aromatic carbocycles. The van der Waals surface area contributed by atoms with Gasteiger partial charge in [-0.15, -0.1) is 11.3 Å². The lowest BCUT2D eigenvalue weighted by Crippen LogP contribution is -2.52. The average molecular weight is 474 g/mol. The summed E-state index contributed by atoms with van der Waals surface area (Å²) >= 11 is 7.80. The van der Waals surface area contributed by atoms with Crippen molar-refractivity contribution < 1.29 is 19.2 Å². The Labute approximate surface area is 195 Å². The highest BCUT2D eigenvalue weighted by Crippen LogP contribution is 2.34. The van der Waals surface area contributed by atoms with Gasteiger partial charge >= 0.3 is 0 Å². The predicted molar refractivity (Wildman–Crippen MR) is 121 cm³/mol. The highest BCUT2D eigenvalue weighted by Gasteiger charge is 2.40. The molecule has 2 aliphatic heterocycles. The lowest BCUT2D eigenvalue weighted by atomic mass is 9.94. The molecule has 0 aliphatic carbocycles. The van der Waals surface area contributed by atoms with E-state index in [2.05, 4.69) is 10.6 Å². The Morgan fingerprint density at radius 3 is 2.81 bits per heavy atom. The number of imide groups is 1. The number of fused-ring (bicyclic) bond motifs is 1. The average Bonchev–Trinajstić information content (AvgIpc) is 3.29. The fraction of sp³-hybridized carbons (Fsp3) is 0.391. The third-order valence-corrected chi connectivity index (χ3v) is 7.42. The number of aryl methyl sites for hydroxylation is 1. The maximum Gasteiger partial charge on any atom is 0.256 e.